The fourth-order valence-corrected chi connectivity index (χ4v) is 2.17. The largest absolute Gasteiger partial charge is 0.339 e. The Bertz CT molecular complexity index is 308. The maximum absolute atomic E-state index is 5.23. The van der Waals surface area contributed by atoms with Crippen LogP contribution in [0.3, 0.4) is 0 Å². The third kappa shape index (κ3) is 1.66. The molecule has 14 heavy (non-hydrogen) atoms. The molecule has 1 saturated heterocycles. The molecule has 0 saturated carbocycles. The first kappa shape index (κ1) is 9.65. The molecule has 78 valence electrons. The maximum atomic E-state index is 5.23. The van der Waals surface area contributed by atoms with Gasteiger partial charge in [0.05, 0.1) is 5.92 Å². The second-order valence-corrected chi connectivity index (χ2v) is 4.30. The fraction of sp³-hybridized carbons (Fsp3) is 0.800. The van der Waals surface area contributed by atoms with Gasteiger partial charge in [0, 0.05) is 6.04 Å². The summed E-state index contributed by atoms with van der Waals surface area (Å²) in [6.45, 7) is 7.35. The number of aryl methyl sites for hydroxylation is 1. The first-order chi connectivity index (χ1) is 6.68. The van der Waals surface area contributed by atoms with Gasteiger partial charge in [0.25, 0.3) is 0 Å². The Balaban J connectivity index is 2.17. The lowest BCUT2D eigenvalue weighted by atomic mass is 9.92. The van der Waals surface area contributed by atoms with E-state index in [2.05, 4.69) is 29.3 Å². The van der Waals surface area contributed by atoms with Crippen molar-refractivity contribution < 1.29 is 4.52 Å². The van der Waals surface area contributed by atoms with E-state index in [1.54, 1.807) is 0 Å². The van der Waals surface area contributed by atoms with Gasteiger partial charge >= 0.3 is 0 Å². The van der Waals surface area contributed by atoms with Crippen LogP contribution < -0.4 is 5.32 Å². The predicted octanol–water partition coefficient (Wildman–Crippen LogP) is 1.48. The van der Waals surface area contributed by atoms with Gasteiger partial charge in [-0.1, -0.05) is 19.0 Å². The van der Waals surface area contributed by atoms with Crippen molar-refractivity contribution in [2.45, 2.75) is 39.2 Å². The van der Waals surface area contributed by atoms with Gasteiger partial charge < -0.3 is 9.84 Å². The number of nitrogens with one attached hydrogen (secondary N) is 1. The summed E-state index contributed by atoms with van der Waals surface area (Å²) >= 11 is 0. The van der Waals surface area contributed by atoms with Gasteiger partial charge in [-0.2, -0.15) is 4.98 Å². The SMILES string of the molecule is Cc1noc(C2CCNC2C(C)C)n1. The first-order valence-electron chi connectivity index (χ1n) is 5.22. The van der Waals surface area contributed by atoms with Crippen molar-refractivity contribution in [2.24, 2.45) is 5.92 Å². The highest BCUT2D eigenvalue weighted by molar-refractivity contribution is 5.03. The molecule has 0 spiro atoms. The summed E-state index contributed by atoms with van der Waals surface area (Å²) in [4.78, 5) is 4.31. The van der Waals surface area contributed by atoms with Crippen LogP contribution in [0.15, 0.2) is 4.52 Å². The second-order valence-electron chi connectivity index (χ2n) is 4.30. The smallest absolute Gasteiger partial charge is 0.231 e. The topological polar surface area (TPSA) is 51.0 Å². The lowest BCUT2D eigenvalue weighted by Crippen LogP contribution is -2.31. The molecule has 2 heterocycles. The Morgan fingerprint density at radius 2 is 2.29 bits per heavy atom. The van der Waals surface area contributed by atoms with E-state index >= 15 is 0 Å². The molecular weight excluding hydrogens is 178 g/mol. The Hall–Kier alpha value is -0.900. The van der Waals surface area contributed by atoms with Crippen LogP contribution in [0, 0.1) is 12.8 Å². The molecular formula is C10H17N3O. The summed E-state index contributed by atoms with van der Waals surface area (Å²) in [6, 6.07) is 0.481. The van der Waals surface area contributed by atoms with Gasteiger partial charge in [-0.05, 0) is 25.8 Å². The molecule has 0 aromatic carbocycles. The lowest BCUT2D eigenvalue weighted by molar-refractivity contribution is 0.314. The third-order valence-corrected chi connectivity index (χ3v) is 2.85. The minimum Gasteiger partial charge on any atom is -0.339 e. The Labute approximate surface area is 84.1 Å². The Morgan fingerprint density at radius 3 is 2.86 bits per heavy atom. The van der Waals surface area contributed by atoms with E-state index < -0.39 is 0 Å². The maximum Gasteiger partial charge on any atom is 0.231 e. The van der Waals surface area contributed by atoms with Crippen LogP contribution in [0.25, 0.3) is 0 Å². The van der Waals surface area contributed by atoms with Crippen LogP contribution in [0.4, 0.5) is 0 Å². The van der Waals surface area contributed by atoms with Gasteiger partial charge in [0.15, 0.2) is 5.82 Å². The van der Waals surface area contributed by atoms with E-state index in [0.717, 1.165) is 24.7 Å². The van der Waals surface area contributed by atoms with Crippen molar-refractivity contribution >= 4 is 0 Å². The summed E-state index contributed by atoms with van der Waals surface area (Å²) in [5, 5.41) is 7.33. The quantitative estimate of drug-likeness (QED) is 0.776. The molecule has 2 rings (SSSR count). The zero-order chi connectivity index (χ0) is 10.1. The minimum absolute atomic E-state index is 0.399. The number of hydrogen-bond donors (Lipinski definition) is 1. The number of aromatic nitrogens is 2. The van der Waals surface area contributed by atoms with E-state index in [1.165, 1.54) is 0 Å². The van der Waals surface area contributed by atoms with E-state index in [-0.39, 0.29) is 0 Å². The van der Waals surface area contributed by atoms with Crippen molar-refractivity contribution in [3.63, 3.8) is 0 Å². The van der Waals surface area contributed by atoms with Crippen molar-refractivity contribution in [1.82, 2.24) is 15.5 Å². The van der Waals surface area contributed by atoms with Gasteiger partial charge in [0.2, 0.25) is 5.89 Å². The van der Waals surface area contributed by atoms with Gasteiger partial charge in [-0.3, -0.25) is 0 Å². The zero-order valence-electron chi connectivity index (χ0n) is 8.95. The molecule has 4 heteroatoms. The molecule has 4 nitrogen and oxygen atoms in total. The highest BCUT2D eigenvalue weighted by Crippen LogP contribution is 2.30. The van der Waals surface area contributed by atoms with E-state index in [4.69, 9.17) is 4.52 Å². The summed E-state index contributed by atoms with van der Waals surface area (Å²) in [5.41, 5.74) is 0. The molecule has 0 radical (unpaired) electrons. The lowest BCUT2D eigenvalue weighted by Gasteiger charge is -2.19. The molecule has 1 N–H and O–H groups in total. The van der Waals surface area contributed by atoms with Crippen LogP contribution in [-0.4, -0.2) is 22.7 Å². The molecule has 1 aromatic heterocycles. The van der Waals surface area contributed by atoms with Crippen molar-refractivity contribution in [3.8, 4) is 0 Å². The van der Waals surface area contributed by atoms with Crippen LogP contribution >= 0.6 is 0 Å². The highest BCUT2D eigenvalue weighted by Gasteiger charge is 2.34. The van der Waals surface area contributed by atoms with Crippen molar-refractivity contribution in [1.29, 1.82) is 0 Å². The molecule has 1 fully saturated rings. The average Bonchev–Trinajstić information content (AvgIpc) is 2.70. The zero-order valence-corrected chi connectivity index (χ0v) is 8.95. The molecule has 2 atom stereocenters. The van der Waals surface area contributed by atoms with Crippen LogP contribution in [-0.2, 0) is 0 Å². The number of rotatable bonds is 2. The van der Waals surface area contributed by atoms with E-state index in [9.17, 15) is 0 Å². The summed E-state index contributed by atoms with van der Waals surface area (Å²) in [7, 11) is 0. The molecule has 2 unspecified atom stereocenters. The highest BCUT2D eigenvalue weighted by atomic mass is 16.5. The normalized spacial score (nSPS) is 27.4. The molecule has 1 aromatic rings. The van der Waals surface area contributed by atoms with Gasteiger partial charge in [-0.25, -0.2) is 0 Å². The average molecular weight is 195 g/mol. The van der Waals surface area contributed by atoms with E-state index in [1.807, 2.05) is 6.92 Å². The third-order valence-electron chi connectivity index (χ3n) is 2.85. The fourth-order valence-electron chi connectivity index (χ4n) is 2.17. The molecule has 0 bridgehead atoms. The van der Waals surface area contributed by atoms with Crippen molar-refractivity contribution in [2.75, 3.05) is 6.54 Å². The minimum atomic E-state index is 0.399. The Morgan fingerprint density at radius 1 is 1.50 bits per heavy atom. The van der Waals surface area contributed by atoms with Crippen LogP contribution in [0.2, 0.25) is 0 Å². The van der Waals surface area contributed by atoms with Crippen molar-refractivity contribution in [3.05, 3.63) is 11.7 Å². The predicted molar refractivity (Wildman–Crippen MR) is 53.0 cm³/mol. The first-order valence-corrected chi connectivity index (χ1v) is 5.22. The van der Waals surface area contributed by atoms with Gasteiger partial charge in [0.1, 0.15) is 0 Å². The standard InChI is InChI=1S/C10H17N3O/c1-6(2)9-8(4-5-11-9)10-12-7(3)13-14-10/h6,8-9,11H,4-5H2,1-3H3. The summed E-state index contributed by atoms with van der Waals surface area (Å²) < 4.78 is 5.23. The monoisotopic (exact) mass is 195 g/mol. The summed E-state index contributed by atoms with van der Waals surface area (Å²) in [5.74, 6) is 2.53. The molecule has 0 aliphatic carbocycles. The van der Waals surface area contributed by atoms with Crippen LogP contribution in [0.5, 0.6) is 0 Å². The van der Waals surface area contributed by atoms with E-state index in [0.29, 0.717) is 17.9 Å². The molecule has 0 amide bonds. The summed E-state index contributed by atoms with van der Waals surface area (Å²) in [6.07, 6.45) is 1.10. The molecule has 1 aliphatic heterocycles. The number of nitrogens with zero attached hydrogens (tertiary/aromatic N) is 2. The van der Waals surface area contributed by atoms with Gasteiger partial charge in [-0.15, -0.1) is 0 Å². The van der Waals surface area contributed by atoms with Crippen LogP contribution in [0.1, 0.15) is 37.9 Å². The second kappa shape index (κ2) is 3.69. The number of hydrogen-bond acceptors (Lipinski definition) is 4. The molecule has 1 aliphatic rings. The Kier molecular flexibility index (Phi) is 2.54.